The first kappa shape index (κ1) is 33.3. The molecule has 0 bridgehead atoms. The van der Waals surface area contributed by atoms with E-state index in [1.54, 1.807) is 42.5 Å². The molecule has 4 rings (SSSR count). The molecule has 0 amide bonds. The summed E-state index contributed by atoms with van der Waals surface area (Å²) in [5, 5.41) is 8.60. The van der Waals surface area contributed by atoms with E-state index < -0.39 is 17.9 Å². The zero-order valence-electron chi connectivity index (χ0n) is 25.9. The van der Waals surface area contributed by atoms with Gasteiger partial charge in [0.2, 0.25) is 0 Å². The first-order valence-corrected chi connectivity index (χ1v) is 15.0. The average molecular weight is 621 g/mol. The number of carbonyl (C=O) groups is 3. The number of esters is 3. The number of aryl methyl sites for hydroxylation is 2. The molecule has 0 heterocycles. The van der Waals surface area contributed by atoms with Crippen molar-refractivity contribution in [3.05, 3.63) is 126 Å². The standard InChI is InChI=1S/C37H36N2O7/c1-4-8-27-9-15-30(16-10-27)38-39-31-17-22-34(26(3)25-31)46-37(42)29-13-20-33(21-14-29)45-36(41)28-11-18-32(19-12-28)43-23-6-7-24-44-35(40)5-2/h5,9-22,25H,2,4,6-8,23-24H2,1,3H3/b39-38+. The molecule has 0 atom stereocenters. The Hall–Kier alpha value is -5.57. The van der Waals surface area contributed by atoms with Crippen molar-refractivity contribution in [1.82, 2.24) is 0 Å². The van der Waals surface area contributed by atoms with E-state index in [-0.39, 0.29) is 5.75 Å². The zero-order chi connectivity index (χ0) is 32.7. The second kappa shape index (κ2) is 17.1. The predicted octanol–water partition coefficient (Wildman–Crippen LogP) is 8.69. The van der Waals surface area contributed by atoms with Crippen LogP contribution in [0.1, 0.15) is 58.0 Å². The van der Waals surface area contributed by atoms with E-state index in [0.29, 0.717) is 54.4 Å². The molecule has 0 spiro atoms. The molecule has 0 saturated heterocycles. The zero-order valence-corrected chi connectivity index (χ0v) is 25.9. The Bertz CT molecular complexity index is 1660. The van der Waals surface area contributed by atoms with Crippen LogP contribution in [0.2, 0.25) is 0 Å². The number of carbonyl (C=O) groups excluding carboxylic acids is 3. The van der Waals surface area contributed by atoms with Gasteiger partial charge < -0.3 is 18.9 Å². The third-order valence-electron chi connectivity index (χ3n) is 6.73. The highest BCUT2D eigenvalue weighted by atomic mass is 16.5. The molecular weight excluding hydrogens is 584 g/mol. The Labute approximate surface area is 268 Å². The van der Waals surface area contributed by atoms with Gasteiger partial charge >= 0.3 is 17.9 Å². The van der Waals surface area contributed by atoms with Crippen LogP contribution in [-0.4, -0.2) is 31.1 Å². The van der Waals surface area contributed by atoms with Gasteiger partial charge in [-0.15, -0.1) is 0 Å². The number of ether oxygens (including phenoxy) is 4. The Morgan fingerprint density at radius 2 is 1.30 bits per heavy atom. The van der Waals surface area contributed by atoms with Crippen molar-refractivity contribution in [2.24, 2.45) is 10.2 Å². The van der Waals surface area contributed by atoms with Gasteiger partial charge in [-0.05, 0) is 116 Å². The highest BCUT2D eigenvalue weighted by Gasteiger charge is 2.13. The van der Waals surface area contributed by atoms with Crippen molar-refractivity contribution in [2.45, 2.75) is 39.5 Å². The fourth-order valence-corrected chi connectivity index (χ4v) is 4.24. The summed E-state index contributed by atoms with van der Waals surface area (Å²) in [5.74, 6) is -0.248. The molecule has 9 nitrogen and oxygen atoms in total. The van der Waals surface area contributed by atoms with Gasteiger partial charge in [-0.25, -0.2) is 14.4 Å². The van der Waals surface area contributed by atoms with E-state index >= 15 is 0 Å². The topological polar surface area (TPSA) is 113 Å². The number of azo groups is 1. The number of hydrogen-bond acceptors (Lipinski definition) is 9. The molecule has 4 aromatic rings. The first-order chi connectivity index (χ1) is 22.3. The summed E-state index contributed by atoms with van der Waals surface area (Å²) in [6.45, 7) is 8.06. The van der Waals surface area contributed by atoms with Crippen molar-refractivity contribution in [3.63, 3.8) is 0 Å². The lowest BCUT2D eigenvalue weighted by atomic mass is 10.1. The van der Waals surface area contributed by atoms with Gasteiger partial charge in [0.1, 0.15) is 17.2 Å². The SMILES string of the molecule is C=CC(=O)OCCCCOc1ccc(C(=O)Oc2ccc(C(=O)Oc3ccc(/N=N/c4ccc(CCC)cc4)cc3C)cc2)cc1. The lowest BCUT2D eigenvalue weighted by molar-refractivity contribution is -0.137. The van der Waals surface area contributed by atoms with Crippen molar-refractivity contribution >= 4 is 29.3 Å². The second-order valence-electron chi connectivity index (χ2n) is 10.3. The summed E-state index contributed by atoms with van der Waals surface area (Å²) in [4.78, 5) is 36.4. The molecule has 0 radical (unpaired) electrons. The fraction of sp³-hybridized carbons (Fsp3) is 0.216. The van der Waals surface area contributed by atoms with E-state index in [2.05, 4.69) is 35.9 Å². The van der Waals surface area contributed by atoms with Crippen molar-refractivity contribution in [3.8, 4) is 17.2 Å². The molecule has 0 aromatic heterocycles. The van der Waals surface area contributed by atoms with E-state index in [1.165, 1.54) is 29.8 Å². The quantitative estimate of drug-likeness (QED) is 0.0429. The van der Waals surface area contributed by atoms with Gasteiger partial charge in [0.15, 0.2) is 0 Å². The van der Waals surface area contributed by atoms with Crippen molar-refractivity contribution in [1.29, 1.82) is 0 Å². The monoisotopic (exact) mass is 620 g/mol. The number of benzene rings is 4. The van der Waals surface area contributed by atoms with E-state index in [0.717, 1.165) is 30.2 Å². The molecule has 9 heteroatoms. The molecule has 0 aliphatic heterocycles. The van der Waals surface area contributed by atoms with Gasteiger partial charge in [0, 0.05) is 6.08 Å². The van der Waals surface area contributed by atoms with Crippen LogP contribution < -0.4 is 14.2 Å². The summed E-state index contributed by atoms with van der Waals surface area (Å²) in [5.41, 5.74) is 4.05. The van der Waals surface area contributed by atoms with Gasteiger partial charge in [-0.3, -0.25) is 0 Å². The molecule has 0 N–H and O–H groups in total. The summed E-state index contributed by atoms with van der Waals surface area (Å²) in [6.07, 6.45) is 4.61. The number of rotatable bonds is 15. The van der Waals surface area contributed by atoms with Crippen molar-refractivity contribution < 1.29 is 33.3 Å². The van der Waals surface area contributed by atoms with E-state index in [9.17, 15) is 14.4 Å². The Morgan fingerprint density at radius 3 is 1.93 bits per heavy atom. The average Bonchev–Trinajstić information content (AvgIpc) is 3.07. The van der Waals surface area contributed by atoms with Crippen LogP contribution in [0.4, 0.5) is 11.4 Å². The van der Waals surface area contributed by atoms with Crippen LogP contribution in [-0.2, 0) is 16.0 Å². The predicted molar refractivity (Wildman–Crippen MR) is 174 cm³/mol. The molecule has 236 valence electrons. The van der Waals surface area contributed by atoms with Crippen LogP contribution in [0.3, 0.4) is 0 Å². The Kier molecular flexibility index (Phi) is 12.4. The van der Waals surface area contributed by atoms with Crippen LogP contribution in [0.15, 0.2) is 114 Å². The summed E-state index contributed by atoms with van der Waals surface area (Å²) in [7, 11) is 0. The highest BCUT2D eigenvalue weighted by molar-refractivity contribution is 5.93. The molecule has 0 saturated carbocycles. The van der Waals surface area contributed by atoms with Crippen molar-refractivity contribution in [2.75, 3.05) is 13.2 Å². The molecule has 4 aromatic carbocycles. The molecule has 0 unspecified atom stereocenters. The summed E-state index contributed by atoms with van der Waals surface area (Å²) in [6, 6.07) is 25.9. The second-order valence-corrected chi connectivity index (χ2v) is 10.3. The maximum absolute atomic E-state index is 12.8. The third-order valence-corrected chi connectivity index (χ3v) is 6.73. The van der Waals surface area contributed by atoms with Crippen LogP contribution >= 0.6 is 0 Å². The fourth-order valence-electron chi connectivity index (χ4n) is 4.24. The Morgan fingerprint density at radius 1 is 0.717 bits per heavy atom. The number of hydrogen-bond donors (Lipinski definition) is 0. The Balaban J connectivity index is 1.24. The summed E-state index contributed by atoms with van der Waals surface area (Å²) < 4.78 is 21.6. The first-order valence-electron chi connectivity index (χ1n) is 15.0. The largest absolute Gasteiger partial charge is 0.494 e. The summed E-state index contributed by atoms with van der Waals surface area (Å²) >= 11 is 0. The minimum absolute atomic E-state index is 0.282. The lowest BCUT2D eigenvalue weighted by Gasteiger charge is -2.09. The number of nitrogens with zero attached hydrogens (tertiary/aromatic N) is 2. The maximum atomic E-state index is 12.8. The van der Waals surface area contributed by atoms with E-state index in [4.69, 9.17) is 18.9 Å². The minimum Gasteiger partial charge on any atom is -0.494 e. The normalized spacial score (nSPS) is 10.7. The third kappa shape index (κ3) is 10.3. The van der Waals surface area contributed by atoms with Gasteiger partial charge in [-0.1, -0.05) is 32.1 Å². The lowest BCUT2D eigenvalue weighted by Crippen LogP contribution is -2.10. The van der Waals surface area contributed by atoms with Crippen LogP contribution in [0.5, 0.6) is 17.2 Å². The van der Waals surface area contributed by atoms with Gasteiger partial charge in [-0.2, -0.15) is 10.2 Å². The maximum Gasteiger partial charge on any atom is 0.343 e. The molecule has 46 heavy (non-hydrogen) atoms. The van der Waals surface area contributed by atoms with E-state index in [1.807, 2.05) is 19.1 Å². The van der Waals surface area contributed by atoms with Crippen LogP contribution in [0, 0.1) is 6.92 Å². The molecule has 0 fully saturated rings. The highest BCUT2D eigenvalue weighted by Crippen LogP contribution is 2.27. The van der Waals surface area contributed by atoms with Gasteiger partial charge in [0.05, 0.1) is 35.7 Å². The smallest absolute Gasteiger partial charge is 0.343 e. The molecule has 0 aliphatic carbocycles. The molecule has 0 aliphatic rings. The number of unbranched alkanes of at least 4 members (excludes halogenated alkanes) is 1. The van der Waals surface area contributed by atoms with Gasteiger partial charge in [0.25, 0.3) is 0 Å². The molecular formula is C37H36N2O7. The minimum atomic E-state index is -0.549. The van der Waals surface area contributed by atoms with Crippen LogP contribution in [0.25, 0.3) is 0 Å².